The zero-order valence-corrected chi connectivity index (χ0v) is 28.7. The van der Waals surface area contributed by atoms with Crippen molar-refractivity contribution in [3.63, 3.8) is 0 Å². The van der Waals surface area contributed by atoms with E-state index in [-0.39, 0.29) is 0 Å². The molecule has 2 aliphatic rings. The van der Waals surface area contributed by atoms with Crippen molar-refractivity contribution in [3.05, 3.63) is 198 Å². The van der Waals surface area contributed by atoms with Crippen LogP contribution in [0.3, 0.4) is 0 Å². The minimum Gasteiger partial charge on any atom is -0.208 e. The van der Waals surface area contributed by atoms with Gasteiger partial charge in [-0.05, 0) is 74.8 Å². The summed E-state index contributed by atoms with van der Waals surface area (Å²) in [5.74, 6) is 1.81. The van der Waals surface area contributed by atoms with Gasteiger partial charge in [-0.25, -0.2) is 15.0 Å². The van der Waals surface area contributed by atoms with Gasteiger partial charge in [0.05, 0.1) is 17.0 Å². The minimum absolute atomic E-state index is 0.556. The van der Waals surface area contributed by atoms with E-state index in [2.05, 4.69) is 91.0 Å². The van der Waals surface area contributed by atoms with Gasteiger partial charge in [-0.15, -0.1) is 0 Å². The molecule has 1 spiro atoms. The number of hydrogen-bond acceptors (Lipinski definition) is 5. The Morgan fingerprint density at radius 2 is 0.923 bits per heavy atom. The first kappa shape index (κ1) is 30.2. The van der Waals surface area contributed by atoms with Gasteiger partial charge in [0.15, 0.2) is 17.5 Å². The van der Waals surface area contributed by atoms with E-state index in [1.54, 1.807) is 0 Å². The van der Waals surface area contributed by atoms with Gasteiger partial charge >= 0.3 is 0 Å². The molecule has 0 N–H and O–H groups in total. The Morgan fingerprint density at radius 1 is 0.404 bits per heavy atom. The lowest BCUT2D eigenvalue weighted by molar-refractivity contribution is 0.723. The van der Waals surface area contributed by atoms with E-state index < -0.39 is 5.41 Å². The lowest BCUT2D eigenvalue weighted by atomic mass is 9.67. The number of fused-ring (bicyclic) bond motifs is 9. The van der Waals surface area contributed by atoms with Gasteiger partial charge in [0, 0.05) is 26.5 Å². The predicted octanol–water partition coefficient (Wildman–Crippen LogP) is 11.2. The van der Waals surface area contributed by atoms with Gasteiger partial charge in [-0.2, -0.15) is 5.26 Å². The van der Waals surface area contributed by atoms with Crippen LogP contribution >= 0.6 is 11.8 Å². The molecule has 0 amide bonds. The summed E-state index contributed by atoms with van der Waals surface area (Å²) in [6.07, 6.45) is 0. The summed E-state index contributed by atoms with van der Waals surface area (Å²) in [4.78, 5) is 17.9. The van der Waals surface area contributed by atoms with Crippen LogP contribution in [0.2, 0.25) is 0 Å². The maximum atomic E-state index is 9.66. The second-order valence-electron chi connectivity index (χ2n) is 13.1. The molecule has 0 radical (unpaired) electrons. The van der Waals surface area contributed by atoms with Crippen molar-refractivity contribution < 1.29 is 0 Å². The van der Waals surface area contributed by atoms with E-state index >= 15 is 0 Å². The fourth-order valence-electron chi connectivity index (χ4n) is 7.98. The van der Waals surface area contributed by atoms with Crippen molar-refractivity contribution in [2.24, 2.45) is 0 Å². The van der Waals surface area contributed by atoms with Crippen LogP contribution in [-0.2, 0) is 5.41 Å². The molecule has 10 rings (SSSR count). The van der Waals surface area contributed by atoms with Gasteiger partial charge in [-0.3, -0.25) is 0 Å². The van der Waals surface area contributed by atoms with Gasteiger partial charge in [0.25, 0.3) is 0 Å². The Labute approximate surface area is 306 Å². The maximum absolute atomic E-state index is 9.66. The van der Waals surface area contributed by atoms with Crippen molar-refractivity contribution in [2.75, 3.05) is 0 Å². The Morgan fingerprint density at radius 3 is 1.52 bits per heavy atom. The zero-order valence-electron chi connectivity index (χ0n) is 27.9. The van der Waals surface area contributed by atoms with Crippen LogP contribution in [0.25, 0.3) is 56.4 Å². The van der Waals surface area contributed by atoms with Crippen LogP contribution in [0.1, 0.15) is 27.8 Å². The molecule has 1 aliphatic carbocycles. The van der Waals surface area contributed by atoms with Crippen LogP contribution in [0.5, 0.6) is 0 Å². The molecule has 5 heteroatoms. The standard InChI is InChI=1S/C47H28N4S/c48-29-30-23-25-31(26-24-30)36-28-43-41(27-37(36)46-50-44(32-13-3-1-4-14-32)49-45(51-46)33-15-5-2-6-16-33)47(40-21-11-12-22-42(40)52-43)38-19-9-7-17-34(38)35-18-8-10-20-39(35)47/h1-28H. The quantitative estimate of drug-likeness (QED) is 0.185. The lowest BCUT2D eigenvalue weighted by Crippen LogP contribution is -2.32. The first-order valence-corrected chi connectivity index (χ1v) is 18.1. The van der Waals surface area contributed by atoms with Crippen LogP contribution in [0, 0.1) is 11.3 Å². The topological polar surface area (TPSA) is 62.5 Å². The Balaban J connectivity index is 1.32. The molecule has 0 saturated carbocycles. The highest BCUT2D eigenvalue weighted by Gasteiger charge is 2.50. The summed E-state index contributed by atoms with van der Waals surface area (Å²) in [5, 5.41) is 9.66. The molecule has 0 atom stereocenters. The fraction of sp³-hybridized carbons (Fsp3) is 0.0213. The number of nitrogens with zero attached hydrogens (tertiary/aromatic N) is 4. The highest BCUT2D eigenvalue weighted by atomic mass is 32.2. The number of benzene rings is 7. The number of rotatable bonds is 4. The maximum Gasteiger partial charge on any atom is 0.164 e. The summed E-state index contributed by atoms with van der Waals surface area (Å²) in [7, 11) is 0. The van der Waals surface area contributed by atoms with E-state index in [1.165, 1.54) is 43.2 Å². The second kappa shape index (κ2) is 12.0. The first-order valence-electron chi connectivity index (χ1n) is 17.3. The molecule has 52 heavy (non-hydrogen) atoms. The van der Waals surface area contributed by atoms with Crippen molar-refractivity contribution in [2.45, 2.75) is 15.2 Å². The highest BCUT2D eigenvalue weighted by Crippen LogP contribution is 2.63. The molecule has 7 aromatic carbocycles. The Kier molecular flexibility index (Phi) is 6.99. The summed E-state index contributed by atoms with van der Waals surface area (Å²) < 4.78 is 0. The first-order chi connectivity index (χ1) is 25.7. The molecular weight excluding hydrogens is 653 g/mol. The second-order valence-corrected chi connectivity index (χ2v) is 14.1. The lowest BCUT2D eigenvalue weighted by Gasteiger charge is -2.40. The highest BCUT2D eigenvalue weighted by molar-refractivity contribution is 7.99. The van der Waals surface area contributed by atoms with Gasteiger partial charge in [-0.1, -0.05) is 151 Å². The largest absolute Gasteiger partial charge is 0.208 e. The van der Waals surface area contributed by atoms with Gasteiger partial charge in [0.2, 0.25) is 0 Å². The Hall–Kier alpha value is -6.61. The van der Waals surface area contributed by atoms with Crippen LogP contribution in [0.4, 0.5) is 0 Å². The number of hydrogen-bond donors (Lipinski definition) is 0. The van der Waals surface area contributed by atoms with Gasteiger partial charge in [0.1, 0.15) is 0 Å². The summed E-state index contributed by atoms with van der Waals surface area (Å²) in [5.41, 5.74) is 12.3. The van der Waals surface area contributed by atoms with E-state index in [0.29, 0.717) is 23.0 Å². The summed E-state index contributed by atoms with van der Waals surface area (Å²) >= 11 is 1.81. The van der Waals surface area contributed by atoms with Gasteiger partial charge < -0.3 is 0 Å². The molecular formula is C47H28N4S. The van der Waals surface area contributed by atoms with E-state index in [0.717, 1.165) is 27.8 Å². The molecule has 0 fully saturated rings. The molecule has 2 heterocycles. The smallest absolute Gasteiger partial charge is 0.164 e. The van der Waals surface area contributed by atoms with E-state index in [9.17, 15) is 5.26 Å². The summed E-state index contributed by atoms with van der Waals surface area (Å²) in [6.45, 7) is 0. The zero-order chi connectivity index (χ0) is 34.6. The monoisotopic (exact) mass is 680 g/mol. The Bertz CT molecular complexity index is 2610. The van der Waals surface area contributed by atoms with Crippen molar-refractivity contribution in [1.29, 1.82) is 5.26 Å². The molecule has 8 aromatic rings. The normalized spacial score (nSPS) is 13.1. The van der Waals surface area contributed by atoms with Crippen molar-refractivity contribution in [1.82, 2.24) is 15.0 Å². The molecule has 1 aromatic heterocycles. The minimum atomic E-state index is -0.556. The average molecular weight is 681 g/mol. The third-order valence-electron chi connectivity index (χ3n) is 10.3. The van der Waals surface area contributed by atoms with Crippen LogP contribution < -0.4 is 0 Å². The summed E-state index contributed by atoms with van der Waals surface area (Å²) in [6, 6.07) is 61.5. The third kappa shape index (κ3) is 4.59. The molecule has 4 nitrogen and oxygen atoms in total. The third-order valence-corrected chi connectivity index (χ3v) is 11.4. The number of aromatic nitrogens is 3. The van der Waals surface area contributed by atoms with Crippen molar-refractivity contribution >= 4 is 11.8 Å². The fourth-order valence-corrected chi connectivity index (χ4v) is 9.19. The molecule has 1 aliphatic heterocycles. The predicted molar refractivity (Wildman–Crippen MR) is 208 cm³/mol. The molecule has 0 unspecified atom stereocenters. The van der Waals surface area contributed by atoms with Crippen LogP contribution in [-0.4, -0.2) is 15.0 Å². The molecule has 242 valence electrons. The average Bonchev–Trinajstić information content (AvgIpc) is 3.51. The van der Waals surface area contributed by atoms with Crippen LogP contribution in [0.15, 0.2) is 180 Å². The number of nitriles is 1. The van der Waals surface area contributed by atoms with E-state index in [1.807, 2.05) is 96.7 Å². The van der Waals surface area contributed by atoms with E-state index in [4.69, 9.17) is 15.0 Å². The molecule has 0 bridgehead atoms. The van der Waals surface area contributed by atoms with Crippen molar-refractivity contribution in [3.8, 4) is 62.5 Å². The SMILES string of the molecule is N#Cc1ccc(-c2cc3c(cc2-c2nc(-c4ccccc4)nc(-c4ccccc4)n2)C2(c4ccccc4S3)c3ccccc3-c3ccccc32)cc1. The molecule has 0 saturated heterocycles.